The zero-order valence-electron chi connectivity index (χ0n) is 35.8. The van der Waals surface area contributed by atoms with Gasteiger partial charge in [0.25, 0.3) is 0 Å². The summed E-state index contributed by atoms with van der Waals surface area (Å²) in [6, 6.07) is 0. The molecule has 0 saturated heterocycles. The first-order valence-electron chi connectivity index (χ1n) is 21.9. The number of hydrogen-bond donors (Lipinski definition) is 6. The monoisotopic (exact) mass is 853 g/mol. The van der Waals surface area contributed by atoms with Crippen LogP contribution in [0.25, 0.3) is 0 Å². The molecule has 0 radical (unpaired) electrons. The molecule has 1 aliphatic rings. The topological polar surface area (TPSA) is 192 Å². The Bertz CT molecular complexity index is 1290. The van der Waals surface area contributed by atoms with Crippen molar-refractivity contribution in [1.29, 1.82) is 0 Å². The van der Waals surface area contributed by atoms with Crippen molar-refractivity contribution in [2.24, 2.45) is 0 Å². The van der Waals surface area contributed by atoms with Crippen molar-refractivity contribution >= 4 is 13.8 Å². The summed E-state index contributed by atoms with van der Waals surface area (Å²) in [5.74, 6) is -0.526. The van der Waals surface area contributed by atoms with Crippen LogP contribution in [0.3, 0.4) is 0 Å². The van der Waals surface area contributed by atoms with E-state index in [1.54, 1.807) is 0 Å². The number of esters is 1. The van der Waals surface area contributed by atoms with Crippen molar-refractivity contribution in [1.82, 2.24) is 0 Å². The molecule has 1 rings (SSSR count). The van der Waals surface area contributed by atoms with Gasteiger partial charge in [0.2, 0.25) is 0 Å². The molecule has 1 aliphatic carbocycles. The van der Waals surface area contributed by atoms with E-state index in [2.05, 4.69) is 98.9 Å². The van der Waals surface area contributed by atoms with Crippen molar-refractivity contribution in [2.75, 3.05) is 19.8 Å². The van der Waals surface area contributed by atoms with Gasteiger partial charge < -0.3 is 39.9 Å². The number of phosphoric acid groups is 1. The Morgan fingerprint density at radius 3 is 1.54 bits per heavy atom. The molecular weight excluding hydrogens is 775 g/mol. The maximum absolute atomic E-state index is 12.8. The highest BCUT2D eigenvalue weighted by Gasteiger charge is 2.51. The van der Waals surface area contributed by atoms with Gasteiger partial charge in [-0.1, -0.05) is 131 Å². The van der Waals surface area contributed by atoms with E-state index in [0.717, 1.165) is 96.3 Å². The van der Waals surface area contributed by atoms with Crippen LogP contribution in [0.5, 0.6) is 0 Å². The number of aliphatic hydroxyl groups is 5. The third-order valence-electron chi connectivity index (χ3n) is 9.48. The number of carbonyl (C=O) groups is 1. The van der Waals surface area contributed by atoms with Crippen molar-refractivity contribution in [3.8, 4) is 0 Å². The largest absolute Gasteiger partial charge is 0.472 e. The molecule has 12 nitrogen and oxygen atoms in total. The molecule has 6 atom stereocenters. The van der Waals surface area contributed by atoms with Crippen molar-refractivity contribution in [2.45, 2.75) is 179 Å². The van der Waals surface area contributed by atoms with E-state index in [0.29, 0.717) is 13.0 Å². The number of unbranched alkanes of at least 4 members (excludes halogenated alkanes) is 9. The van der Waals surface area contributed by atoms with Crippen LogP contribution in [0, 0.1) is 0 Å². The molecule has 0 aromatic heterocycles. The van der Waals surface area contributed by atoms with Crippen LogP contribution < -0.4 is 0 Å². The lowest BCUT2D eigenvalue weighted by atomic mass is 9.85. The fraction of sp³-hybridized carbons (Fsp3) is 0.674. The first kappa shape index (κ1) is 54.5. The van der Waals surface area contributed by atoms with Crippen LogP contribution in [-0.4, -0.2) is 98.9 Å². The Morgan fingerprint density at radius 1 is 0.559 bits per heavy atom. The van der Waals surface area contributed by atoms with Crippen molar-refractivity contribution in [3.05, 3.63) is 85.1 Å². The Labute approximate surface area is 354 Å². The zero-order valence-corrected chi connectivity index (χ0v) is 36.7. The Hall–Kier alpha value is -2.48. The summed E-state index contributed by atoms with van der Waals surface area (Å²) in [4.78, 5) is 23.1. The number of hydrogen-bond acceptors (Lipinski definition) is 11. The molecule has 0 aromatic rings. The Morgan fingerprint density at radius 2 is 1.00 bits per heavy atom. The molecule has 6 N–H and O–H groups in total. The fourth-order valence-corrected chi connectivity index (χ4v) is 6.98. The minimum absolute atomic E-state index is 0.104. The van der Waals surface area contributed by atoms with Gasteiger partial charge in [-0.05, 0) is 83.5 Å². The third kappa shape index (κ3) is 28.6. The molecule has 1 saturated carbocycles. The highest BCUT2D eigenvalue weighted by molar-refractivity contribution is 7.47. The summed E-state index contributed by atoms with van der Waals surface area (Å²) in [5.41, 5.74) is 0. The van der Waals surface area contributed by atoms with Crippen LogP contribution in [0.4, 0.5) is 0 Å². The number of carbonyl (C=O) groups excluding carboxylic acids is 1. The molecule has 0 bridgehead atoms. The lowest BCUT2D eigenvalue weighted by molar-refractivity contribution is -0.220. The number of aliphatic hydroxyl groups excluding tert-OH is 5. The van der Waals surface area contributed by atoms with Crippen LogP contribution in [0.1, 0.15) is 136 Å². The molecule has 338 valence electrons. The quantitative estimate of drug-likeness (QED) is 0.0154. The van der Waals surface area contributed by atoms with Gasteiger partial charge in [0, 0.05) is 13.0 Å². The summed E-state index contributed by atoms with van der Waals surface area (Å²) in [6.45, 7) is 3.99. The van der Waals surface area contributed by atoms with E-state index in [9.17, 15) is 39.8 Å². The lowest BCUT2D eigenvalue weighted by Crippen LogP contribution is -2.64. The van der Waals surface area contributed by atoms with Crippen molar-refractivity contribution in [3.63, 3.8) is 0 Å². The standard InChI is InChI=1S/C46H77O12P/c1-3-5-7-9-11-13-15-16-17-18-19-20-21-22-23-24-25-27-29-31-33-35-40(47)57-39(37-55-36-34-32-30-28-26-14-12-10-8-6-4-2)38-56-59(53,54)58-46-44(51)42(49)41(48)43(50)45(46)52/h5,7-8,10-11,13,16-17,19-20,22-23,25,27,39,41-46,48-52H,3-4,6,9,12,14-15,18,21,24,26,28-38H2,1-2H3,(H,53,54)/b7-5-,10-8-,13-11-,17-16-,20-19-,23-22-,27-25-. The van der Waals surface area contributed by atoms with Crippen LogP contribution in [0.15, 0.2) is 85.1 Å². The molecular formula is C46H77O12P. The van der Waals surface area contributed by atoms with Gasteiger partial charge in [0.1, 0.15) is 42.7 Å². The number of phosphoric ester groups is 1. The highest BCUT2D eigenvalue weighted by atomic mass is 31.2. The van der Waals surface area contributed by atoms with E-state index in [1.807, 2.05) is 0 Å². The second kappa shape index (κ2) is 36.2. The van der Waals surface area contributed by atoms with Gasteiger partial charge >= 0.3 is 13.8 Å². The van der Waals surface area contributed by atoms with E-state index in [4.69, 9.17) is 18.5 Å². The summed E-state index contributed by atoms with van der Waals surface area (Å²) in [7, 11) is -5.03. The third-order valence-corrected chi connectivity index (χ3v) is 10.5. The molecule has 0 amide bonds. The number of rotatable bonds is 35. The smallest absolute Gasteiger partial charge is 0.457 e. The predicted octanol–water partition coefficient (Wildman–Crippen LogP) is 8.58. The first-order valence-corrected chi connectivity index (χ1v) is 23.4. The van der Waals surface area contributed by atoms with E-state index < -0.39 is 63.1 Å². The number of ether oxygens (including phenoxy) is 2. The zero-order chi connectivity index (χ0) is 43.4. The Kier molecular flexibility index (Phi) is 33.5. The molecule has 0 spiro atoms. The predicted molar refractivity (Wildman–Crippen MR) is 234 cm³/mol. The average molecular weight is 853 g/mol. The van der Waals surface area contributed by atoms with Crippen LogP contribution in [-0.2, 0) is 27.9 Å². The van der Waals surface area contributed by atoms with Gasteiger partial charge in [-0.2, -0.15) is 0 Å². The summed E-state index contributed by atoms with van der Waals surface area (Å²) in [5, 5.41) is 50.1. The normalized spacial score (nSPS) is 23.3. The van der Waals surface area contributed by atoms with Crippen LogP contribution >= 0.6 is 7.82 Å². The molecule has 13 heteroatoms. The summed E-state index contributed by atoms with van der Waals surface area (Å²) < 4.78 is 34.0. The fourth-order valence-electron chi connectivity index (χ4n) is 6.01. The Balaban J connectivity index is 2.45. The van der Waals surface area contributed by atoms with Gasteiger partial charge in [0.05, 0.1) is 13.2 Å². The SMILES string of the molecule is CC/C=C\C/C=C\C/C=C\C/C=C\C/C=C\C/C=C\CCCCC(=O)OC(COCCCCCCCC/C=C\CCC)COP(=O)(O)OC1C(O)C(O)C(O)C(O)C1O. The maximum atomic E-state index is 12.8. The van der Waals surface area contributed by atoms with Gasteiger partial charge in [0.15, 0.2) is 0 Å². The van der Waals surface area contributed by atoms with Gasteiger partial charge in [-0.25, -0.2) is 4.57 Å². The van der Waals surface area contributed by atoms with Gasteiger partial charge in [-0.3, -0.25) is 13.8 Å². The average Bonchev–Trinajstić information content (AvgIpc) is 3.22. The summed E-state index contributed by atoms with van der Waals surface area (Å²) >= 11 is 0. The second-order valence-corrected chi connectivity index (χ2v) is 16.2. The van der Waals surface area contributed by atoms with Gasteiger partial charge in [-0.15, -0.1) is 0 Å². The molecule has 0 aliphatic heterocycles. The maximum Gasteiger partial charge on any atom is 0.472 e. The molecule has 0 aromatic carbocycles. The van der Waals surface area contributed by atoms with Crippen molar-refractivity contribution < 1.29 is 58.3 Å². The second-order valence-electron chi connectivity index (χ2n) is 14.8. The summed E-state index contributed by atoms with van der Waals surface area (Å²) in [6.07, 6.45) is 35.2. The number of allylic oxidation sites excluding steroid dienone is 14. The minimum atomic E-state index is -5.03. The van der Waals surface area contributed by atoms with E-state index in [1.165, 1.54) is 12.8 Å². The van der Waals surface area contributed by atoms with E-state index in [-0.39, 0.29) is 13.0 Å². The first-order chi connectivity index (χ1) is 28.5. The molecule has 6 unspecified atom stereocenters. The van der Waals surface area contributed by atoms with Crippen LogP contribution in [0.2, 0.25) is 0 Å². The highest BCUT2D eigenvalue weighted by Crippen LogP contribution is 2.47. The molecule has 59 heavy (non-hydrogen) atoms. The molecule has 1 fully saturated rings. The van der Waals surface area contributed by atoms with E-state index >= 15 is 0 Å². The lowest BCUT2D eigenvalue weighted by Gasteiger charge is -2.41. The molecule has 0 heterocycles. The minimum Gasteiger partial charge on any atom is -0.457 e.